The molecule has 1 atom stereocenters. The lowest BCUT2D eigenvalue weighted by Gasteiger charge is -2.17. The van der Waals surface area contributed by atoms with Gasteiger partial charge in [0.2, 0.25) is 0 Å². The Labute approximate surface area is 137 Å². The summed E-state index contributed by atoms with van der Waals surface area (Å²) in [5.41, 5.74) is 1.20. The van der Waals surface area contributed by atoms with Crippen molar-refractivity contribution in [2.24, 2.45) is 0 Å². The largest absolute Gasteiger partial charge is 0.497 e. The van der Waals surface area contributed by atoms with Gasteiger partial charge >= 0.3 is 0 Å². The molecule has 122 valence electrons. The predicted molar refractivity (Wildman–Crippen MR) is 90.9 cm³/mol. The Hall–Kier alpha value is -2.49. The number of carbonyl (C=O) groups excluding carboxylic acids is 1. The Bertz CT molecular complexity index is 613. The first kappa shape index (κ1) is 16.9. The number of hydrogen-bond acceptors (Lipinski definition) is 3. The van der Waals surface area contributed by atoms with Gasteiger partial charge in [-0.2, -0.15) is 0 Å². The van der Waals surface area contributed by atoms with E-state index in [4.69, 9.17) is 9.47 Å². The van der Waals surface area contributed by atoms with Crippen LogP contribution >= 0.6 is 0 Å². The first-order valence-electron chi connectivity index (χ1n) is 7.85. The monoisotopic (exact) mass is 313 g/mol. The van der Waals surface area contributed by atoms with Crippen molar-refractivity contribution in [3.8, 4) is 11.5 Å². The molecule has 0 aliphatic carbocycles. The van der Waals surface area contributed by atoms with E-state index in [1.165, 1.54) is 5.56 Å². The topological polar surface area (TPSA) is 47.6 Å². The molecule has 1 amide bonds. The number of rotatable bonds is 8. The van der Waals surface area contributed by atoms with Gasteiger partial charge < -0.3 is 14.8 Å². The summed E-state index contributed by atoms with van der Waals surface area (Å²) in [6, 6.07) is 17.4. The van der Waals surface area contributed by atoms with E-state index in [1.54, 1.807) is 13.2 Å². The average Bonchev–Trinajstić information content (AvgIpc) is 2.60. The number of nitrogens with one attached hydrogen (secondary N) is 1. The normalized spacial score (nSPS) is 11.6. The summed E-state index contributed by atoms with van der Waals surface area (Å²) in [5.74, 6) is 1.25. The molecule has 0 bridgehead atoms. The number of ether oxygens (including phenoxy) is 2. The van der Waals surface area contributed by atoms with Crippen LogP contribution in [0.25, 0.3) is 0 Å². The molecule has 0 radical (unpaired) electrons. The molecule has 0 spiro atoms. The van der Waals surface area contributed by atoms with Crippen LogP contribution in [-0.2, 0) is 11.2 Å². The smallest absolute Gasteiger partial charge is 0.261 e. The fourth-order valence-electron chi connectivity index (χ4n) is 2.25. The first-order chi connectivity index (χ1) is 11.2. The van der Waals surface area contributed by atoms with Crippen molar-refractivity contribution >= 4 is 5.91 Å². The van der Waals surface area contributed by atoms with Gasteiger partial charge in [-0.05, 0) is 30.5 Å². The van der Waals surface area contributed by atoms with Crippen molar-refractivity contribution < 1.29 is 14.3 Å². The van der Waals surface area contributed by atoms with Crippen LogP contribution in [0.15, 0.2) is 54.6 Å². The van der Waals surface area contributed by atoms with Crippen LogP contribution in [0.2, 0.25) is 0 Å². The molecule has 2 aromatic carbocycles. The van der Waals surface area contributed by atoms with Gasteiger partial charge in [-0.3, -0.25) is 4.79 Å². The summed E-state index contributed by atoms with van der Waals surface area (Å²) >= 11 is 0. The maximum Gasteiger partial charge on any atom is 0.261 e. The van der Waals surface area contributed by atoms with Crippen molar-refractivity contribution in [3.05, 3.63) is 60.2 Å². The molecule has 2 rings (SSSR count). The van der Waals surface area contributed by atoms with Crippen molar-refractivity contribution in [1.82, 2.24) is 5.32 Å². The Morgan fingerprint density at radius 3 is 2.52 bits per heavy atom. The van der Waals surface area contributed by atoms with Gasteiger partial charge in [-0.25, -0.2) is 0 Å². The van der Waals surface area contributed by atoms with E-state index in [0.29, 0.717) is 24.5 Å². The molecular weight excluding hydrogens is 290 g/mol. The number of amides is 1. The number of hydrogen-bond donors (Lipinski definition) is 1. The van der Waals surface area contributed by atoms with Crippen molar-refractivity contribution in [3.63, 3.8) is 0 Å². The van der Waals surface area contributed by atoms with E-state index in [9.17, 15) is 4.79 Å². The summed E-state index contributed by atoms with van der Waals surface area (Å²) in [5, 5.41) is 2.94. The van der Waals surface area contributed by atoms with Crippen LogP contribution < -0.4 is 14.8 Å². The van der Waals surface area contributed by atoms with Crippen LogP contribution in [0.4, 0.5) is 0 Å². The van der Waals surface area contributed by atoms with Gasteiger partial charge in [0.25, 0.3) is 5.91 Å². The minimum absolute atomic E-state index is 0.0914. The maximum atomic E-state index is 12.3. The summed E-state index contributed by atoms with van der Waals surface area (Å²) in [6.45, 7) is 2.53. The van der Waals surface area contributed by atoms with Crippen LogP contribution in [0.1, 0.15) is 18.9 Å². The Kier molecular flexibility index (Phi) is 6.48. The van der Waals surface area contributed by atoms with Crippen molar-refractivity contribution in [2.45, 2.75) is 25.9 Å². The fourth-order valence-corrected chi connectivity index (χ4v) is 2.25. The van der Waals surface area contributed by atoms with Crippen LogP contribution in [0.3, 0.4) is 0 Å². The minimum atomic E-state index is -0.502. The van der Waals surface area contributed by atoms with Crippen LogP contribution in [-0.4, -0.2) is 25.7 Å². The molecule has 4 nitrogen and oxygen atoms in total. The highest BCUT2D eigenvalue weighted by atomic mass is 16.5. The van der Waals surface area contributed by atoms with E-state index < -0.39 is 6.10 Å². The molecule has 0 heterocycles. The van der Waals surface area contributed by atoms with E-state index in [0.717, 1.165) is 6.42 Å². The summed E-state index contributed by atoms with van der Waals surface area (Å²) in [7, 11) is 1.60. The molecule has 0 saturated carbocycles. The molecule has 23 heavy (non-hydrogen) atoms. The summed E-state index contributed by atoms with van der Waals surface area (Å²) in [6.07, 6.45) is 0.911. The summed E-state index contributed by atoms with van der Waals surface area (Å²) < 4.78 is 10.9. The summed E-state index contributed by atoms with van der Waals surface area (Å²) in [4.78, 5) is 12.3. The molecule has 0 aromatic heterocycles. The average molecular weight is 313 g/mol. The van der Waals surface area contributed by atoms with Gasteiger partial charge in [0.05, 0.1) is 7.11 Å². The zero-order chi connectivity index (χ0) is 16.5. The number of carbonyl (C=O) groups is 1. The Morgan fingerprint density at radius 2 is 1.83 bits per heavy atom. The molecule has 0 aliphatic heterocycles. The van der Waals surface area contributed by atoms with Crippen molar-refractivity contribution in [1.29, 1.82) is 0 Å². The standard InChI is InChI=1S/C19H23NO3/c1-3-18(23-17-11-7-10-16(14-17)22-2)19(21)20-13-12-15-8-5-4-6-9-15/h4-11,14,18H,3,12-13H2,1-2H3,(H,20,21)/t18-/m1/s1. The van der Waals surface area contributed by atoms with E-state index in [1.807, 2.05) is 43.3 Å². The molecule has 2 aromatic rings. The lowest BCUT2D eigenvalue weighted by Crippen LogP contribution is -2.38. The highest BCUT2D eigenvalue weighted by Crippen LogP contribution is 2.20. The SMILES string of the molecule is CC[C@@H](Oc1cccc(OC)c1)C(=O)NCCc1ccccc1. The third kappa shape index (κ3) is 5.33. The Morgan fingerprint density at radius 1 is 1.09 bits per heavy atom. The third-order valence-electron chi connectivity index (χ3n) is 3.54. The third-order valence-corrected chi connectivity index (χ3v) is 3.54. The zero-order valence-electron chi connectivity index (χ0n) is 13.6. The molecule has 4 heteroatoms. The second kappa shape index (κ2) is 8.83. The minimum Gasteiger partial charge on any atom is -0.497 e. The van der Waals surface area contributed by atoms with E-state index in [-0.39, 0.29) is 5.91 Å². The quantitative estimate of drug-likeness (QED) is 0.814. The second-order valence-electron chi connectivity index (χ2n) is 5.22. The first-order valence-corrected chi connectivity index (χ1v) is 7.85. The molecular formula is C19H23NO3. The molecule has 0 unspecified atom stereocenters. The lowest BCUT2D eigenvalue weighted by molar-refractivity contribution is -0.128. The van der Waals surface area contributed by atoms with Gasteiger partial charge in [-0.15, -0.1) is 0 Å². The fraction of sp³-hybridized carbons (Fsp3) is 0.316. The van der Waals surface area contributed by atoms with Gasteiger partial charge in [0.1, 0.15) is 11.5 Å². The lowest BCUT2D eigenvalue weighted by atomic mass is 10.1. The van der Waals surface area contributed by atoms with Crippen molar-refractivity contribution in [2.75, 3.05) is 13.7 Å². The number of benzene rings is 2. The second-order valence-corrected chi connectivity index (χ2v) is 5.22. The molecule has 0 aliphatic rings. The molecule has 0 saturated heterocycles. The highest BCUT2D eigenvalue weighted by Gasteiger charge is 2.18. The maximum absolute atomic E-state index is 12.3. The van der Waals surface area contributed by atoms with E-state index in [2.05, 4.69) is 17.4 Å². The van der Waals surface area contributed by atoms with Gasteiger partial charge in [-0.1, -0.05) is 43.3 Å². The van der Waals surface area contributed by atoms with Crippen LogP contribution in [0.5, 0.6) is 11.5 Å². The van der Waals surface area contributed by atoms with Crippen LogP contribution in [0, 0.1) is 0 Å². The number of methoxy groups -OCH3 is 1. The molecule has 1 N–H and O–H groups in total. The Balaban J connectivity index is 1.85. The molecule has 0 fully saturated rings. The predicted octanol–water partition coefficient (Wildman–Crippen LogP) is 3.21. The van der Waals surface area contributed by atoms with Gasteiger partial charge in [0.15, 0.2) is 6.10 Å². The van der Waals surface area contributed by atoms with E-state index >= 15 is 0 Å². The zero-order valence-corrected chi connectivity index (χ0v) is 13.6. The van der Waals surface area contributed by atoms with Gasteiger partial charge in [0, 0.05) is 12.6 Å². The highest BCUT2D eigenvalue weighted by molar-refractivity contribution is 5.81.